The van der Waals surface area contributed by atoms with Crippen LogP contribution in [0.1, 0.15) is 23.1 Å². The van der Waals surface area contributed by atoms with Crippen molar-refractivity contribution in [2.75, 3.05) is 0 Å². The molecule has 0 aliphatic rings. The van der Waals surface area contributed by atoms with E-state index in [-0.39, 0.29) is 11.7 Å². The van der Waals surface area contributed by atoms with E-state index in [4.69, 9.17) is 16.0 Å². The van der Waals surface area contributed by atoms with Crippen LogP contribution in [-0.4, -0.2) is 10.2 Å². The molecule has 1 heterocycles. The average molecular weight is 394 g/mol. The molecule has 140 valence electrons. The Morgan fingerprint density at radius 3 is 2.39 bits per heavy atom. The highest BCUT2D eigenvalue weighted by Gasteiger charge is 2.24. The van der Waals surface area contributed by atoms with Gasteiger partial charge >= 0.3 is 0 Å². The Balaban J connectivity index is 1.67. The van der Waals surface area contributed by atoms with Crippen LogP contribution in [0.4, 0.5) is 4.39 Å². The summed E-state index contributed by atoms with van der Waals surface area (Å²) in [5.74, 6) is 0.325. The zero-order valence-corrected chi connectivity index (χ0v) is 15.6. The van der Waals surface area contributed by atoms with Crippen molar-refractivity contribution in [3.63, 3.8) is 0 Å². The van der Waals surface area contributed by atoms with E-state index in [0.717, 1.165) is 11.1 Å². The molecule has 4 aromatic rings. The second-order valence-electron chi connectivity index (χ2n) is 6.24. The van der Waals surface area contributed by atoms with Crippen molar-refractivity contribution in [2.24, 2.45) is 0 Å². The maximum Gasteiger partial charge on any atom is 0.247 e. The van der Waals surface area contributed by atoms with Crippen LogP contribution in [0.25, 0.3) is 11.5 Å². The summed E-state index contributed by atoms with van der Waals surface area (Å²) in [6, 6.07) is 22.9. The molecule has 0 amide bonds. The first-order valence-corrected chi connectivity index (χ1v) is 9.20. The molecule has 4 nitrogen and oxygen atoms in total. The fourth-order valence-corrected chi connectivity index (χ4v) is 3.14. The minimum Gasteiger partial charge on any atom is -0.419 e. The lowest BCUT2D eigenvalue weighted by Crippen LogP contribution is -2.23. The number of benzene rings is 3. The van der Waals surface area contributed by atoms with Crippen LogP contribution in [0.3, 0.4) is 0 Å². The predicted octanol–water partition coefficient (Wildman–Crippen LogP) is 5.41. The summed E-state index contributed by atoms with van der Waals surface area (Å²) in [6.45, 7) is 0.418. The van der Waals surface area contributed by atoms with Crippen LogP contribution >= 0.6 is 11.6 Å². The summed E-state index contributed by atoms with van der Waals surface area (Å²) in [4.78, 5) is 0. The lowest BCUT2D eigenvalue weighted by molar-refractivity contribution is 0.427. The molecular weight excluding hydrogens is 377 g/mol. The summed E-state index contributed by atoms with van der Waals surface area (Å²) in [6.07, 6.45) is 0. The molecule has 0 aliphatic carbocycles. The average Bonchev–Trinajstić information content (AvgIpc) is 3.21. The second-order valence-corrected chi connectivity index (χ2v) is 6.65. The highest BCUT2D eigenvalue weighted by Crippen LogP contribution is 2.27. The van der Waals surface area contributed by atoms with Crippen LogP contribution in [0.15, 0.2) is 83.3 Å². The van der Waals surface area contributed by atoms with Gasteiger partial charge in [-0.05, 0) is 29.8 Å². The van der Waals surface area contributed by atoms with Gasteiger partial charge in [-0.2, -0.15) is 0 Å². The van der Waals surface area contributed by atoms with Gasteiger partial charge in [0.25, 0.3) is 0 Å². The first-order valence-electron chi connectivity index (χ1n) is 8.82. The zero-order chi connectivity index (χ0) is 19.3. The molecule has 0 bridgehead atoms. The van der Waals surface area contributed by atoms with Gasteiger partial charge in [-0.3, -0.25) is 5.32 Å². The van der Waals surface area contributed by atoms with Gasteiger partial charge < -0.3 is 4.42 Å². The van der Waals surface area contributed by atoms with Gasteiger partial charge in [0.05, 0.1) is 0 Å². The van der Waals surface area contributed by atoms with Crippen molar-refractivity contribution in [2.45, 2.75) is 12.6 Å². The minimum atomic E-state index is -0.609. The van der Waals surface area contributed by atoms with Crippen molar-refractivity contribution in [1.82, 2.24) is 15.5 Å². The maximum atomic E-state index is 14.5. The SMILES string of the molecule is Fc1ccccc1[C@H](NCc1ccccc1Cl)c1nnc(-c2ccccc2)o1. The minimum absolute atomic E-state index is 0.288. The molecule has 0 saturated carbocycles. The first kappa shape index (κ1) is 18.3. The highest BCUT2D eigenvalue weighted by molar-refractivity contribution is 6.31. The van der Waals surface area contributed by atoms with E-state index in [1.165, 1.54) is 6.07 Å². The summed E-state index contributed by atoms with van der Waals surface area (Å²) >= 11 is 6.25. The van der Waals surface area contributed by atoms with E-state index in [9.17, 15) is 4.39 Å². The molecule has 4 rings (SSSR count). The summed E-state index contributed by atoms with van der Waals surface area (Å²) in [5, 5.41) is 12.2. The normalized spacial score (nSPS) is 12.1. The largest absolute Gasteiger partial charge is 0.419 e. The molecule has 1 N–H and O–H groups in total. The lowest BCUT2D eigenvalue weighted by Gasteiger charge is -2.17. The molecule has 1 atom stereocenters. The van der Waals surface area contributed by atoms with Crippen molar-refractivity contribution >= 4 is 11.6 Å². The first-order chi connectivity index (χ1) is 13.7. The van der Waals surface area contributed by atoms with Gasteiger partial charge in [0.1, 0.15) is 11.9 Å². The molecular formula is C22H17ClFN3O. The van der Waals surface area contributed by atoms with E-state index >= 15 is 0 Å². The third-order valence-corrected chi connectivity index (χ3v) is 4.75. The standard InChI is InChI=1S/C22H17ClFN3O/c23-18-12-6-4-10-16(18)14-25-20(17-11-5-7-13-19(17)24)22-27-26-21(28-22)15-8-2-1-3-9-15/h1-13,20,25H,14H2/t20-/m0/s1. The Labute approximate surface area is 167 Å². The van der Waals surface area contributed by atoms with Crippen LogP contribution < -0.4 is 5.32 Å². The number of halogens is 2. The van der Waals surface area contributed by atoms with Crippen LogP contribution in [0.2, 0.25) is 5.02 Å². The van der Waals surface area contributed by atoms with E-state index in [1.807, 2.05) is 54.6 Å². The number of hydrogen-bond donors (Lipinski definition) is 1. The Kier molecular flexibility index (Phi) is 5.46. The number of nitrogens with one attached hydrogen (secondary N) is 1. The number of hydrogen-bond acceptors (Lipinski definition) is 4. The van der Waals surface area contributed by atoms with E-state index < -0.39 is 6.04 Å². The van der Waals surface area contributed by atoms with Crippen LogP contribution in [0, 0.1) is 5.82 Å². The van der Waals surface area contributed by atoms with Crippen molar-refractivity contribution in [3.05, 3.63) is 107 Å². The predicted molar refractivity (Wildman–Crippen MR) is 106 cm³/mol. The Bertz CT molecular complexity index is 1070. The summed E-state index contributed by atoms with van der Waals surface area (Å²) < 4.78 is 20.4. The van der Waals surface area contributed by atoms with Gasteiger partial charge in [0.15, 0.2) is 0 Å². The van der Waals surface area contributed by atoms with Gasteiger partial charge in [-0.15, -0.1) is 10.2 Å². The highest BCUT2D eigenvalue weighted by atomic mass is 35.5. The van der Waals surface area contributed by atoms with Crippen LogP contribution in [0.5, 0.6) is 0 Å². The maximum absolute atomic E-state index is 14.5. The molecule has 0 unspecified atom stereocenters. The Hall–Kier alpha value is -3.02. The van der Waals surface area contributed by atoms with E-state index in [0.29, 0.717) is 23.0 Å². The number of aromatic nitrogens is 2. The monoisotopic (exact) mass is 393 g/mol. The number of rotatable bonds is 6. The summed E-state index contributed by atoms with van der Waals surface area (Å²) in [7, 11) is 0. The van der Waals surface area contributed by atoms with Gasteiger partial charge in [0, 0.05) is 22.7 Å². The van der Waals surface area contributed by atoms with Crippen molar-refractivity contribution in [3.8, 4) is 11.5 Å². The molecule has 6 heteroatoms. The topological polar surface area (TPSA) is 51.0 Å². The molecule has 1 aromatic heterocycles. The third kappa shape index (κ3) is 3.96. The van der Waals surface area contributed by atoms with Gasteiger partial charge in [-0.1, -0.05) is 66.2 Å². The second kappa shape index (κ2) is 8.33. The number of nitrogens with zero attached hydrogens (tertiary/aromatic N) is 2. The molecule has 0 spiro atoms. The molecule has 0 saturated heterocycles. The summed E-state index contributed by atoms with van der Waals surface area (Å²) in [5.41, 5.74) is 2.13. The van der Waals surface area contributed by atoms with E-state index in [2.05, 4.69) is 15.5 Å². The third-order valence-electron chi connectivity index (χ3n) is 4.38. The quantitative estimate of drug-likeness (QED) is 0.476. The fraction of sp³-hybridized carbons (Fsp3) is 0.0909. The Morgan fingerprint density at radius 2 is 1.61 bits per heavy atom. The molecule has 0 fully saturated rings. The van der Waals surface area contributed by atoms with Crippen LogP contribution in [-0.2, 0) is 6.54 Å². The van der Waals surface area contributed by atoms with Crippen molar-refractivity contribution in [1.29, 1.82) is 0 Å². The molecule has 0 aliphatic heterocycles. The zero-order valence-electron chi connectivity index (χ0n) is 14.8. The molecule has 0 radical (unpaired) electrons. The molecule has 3 aromatic carbocycles. The fourth-order valence-electron chi connectivity index (χ4n) is 2.94. The van der Waals surface area contributed by atoms with Gasteiger partial charge in [-0.25, -0.2) is 4.39 Å². The lowest BCUT2D eigenvalue weighted by atomic mass is 10.1. The molecule has 28 heavy (non-hydrogen) atoms. The Morgan fingerprint density at radius 1 is 0.893 bits per heavy atom. The van der Waals surface area contributed by atoms with Crippen molar-refractivity contribution < 1.29 is 8.81 Å². The smallest absolute Gasteiger partial charge is 0.247 e. The van der Waals surface area contributed by atoms with Gasteiger partial charge in [0.2, 0.25) is 11.8 Å². The van der Waals surface area contributed by atoms with E-state index in [1.54, 1.807) is 18.2 Å².